The minimum absolute atomic E-state index is 0.109. The number of nitrogens with zero attached hydrogens (tertiary/aromatic N) is 2. The van der Waals surface area contributed by atoms with Crippen molar-refractivity contribution in [3.63, 3.8) is 0 Å². The fourth-order valence-electron chi connectivity index (χ4n) is 2.91. The summed E-state index contributed by atoms with van der Waals surface area (Å²) < 4.78 is 20.0. The first-order valence-corrected chi connectivity index (χ1v) is 9.28. The van der Waals surface area contributed by atoms with E-state index in [9.17, 15) is 9.18 Å². The number of hydrogen-bond donors (Lipinski definition) is 1. The molecule has 144 valence electrons. The van der Waals surface area contributed by atoms with Crippen LogP contribution in [0.3, 0.4) is 0 Å². The number of anilines is 1. The highest BCUT2D eigenvalue weighted by atomic mass is 32.1. The Bertz CT molecular complexity index is 1100. The maximum Gasteiger partial charge on any atom is 0.281 e. The summed E-state index contributed by atoms with van der Waals surface area (Å²) in [6.45, 7) is 0.294. The van der Waals surface area contributed by atoms with E-state index in [-0.39, 0.29) is 16.5 Å². The largest absolute Gasteiger partial charge is 0.487 e. The molecule has 1 aliphatic rings. The van der Waals surface area contributed by atoms with Crippen molar-refractivity contribution >= 4 is 35.0 Å². The lowest BCUT2D eigenvalue weighted by atomic mass is 10.1. The number of carbonyl (C=O) groups excluding carboxylic acids is 1. The Labute approximate surface area is 172 Å². The van der Waals surface area contributed by atoms with Gasteiger partial charge >= 0.3 is 0 Å². The molecule has 1 N–H and O–H groups in total. The quantitative estimate of drug-likeness (QED) is 0.512. The van der Waals surface area contributed by atoms with Gasteiger partial charge in [0.05, 0.1) is 11.4 Å². The Morgan fingerprint density at radius 1 is 1.07 bits per heavy atom. The second-order valence-electron chi connectivity index (χ2n) is 6.23. The van der Waals surface area contributed by atoms with Crippen LogP contribution in [0.15, 0.2) is 78.6 Å². The molecule has 4 rings (SSSR count). The van der Waals surface area contributed by atoms with Crippen LogP contribution in [-0.4, -0.2) is 16.0 Å². The number of aromatic nitrogens is 1. The molecule has 2 heterocycles. The lowest BCUT2D eigenvalue weighted by Gasteiger charge is -2.14. The summed E-state index contributed by atoms with van der Waals surface area (Å²) in [6.07, 6.45) is 3.34. The fraction of sp³-hybridized carbons (Fsp3) is 0.0455. The monoisotopic (exact) mass is 405 g/mol. The molecule has 0 saturated carbocycles. The molecule has 0 atom stereocenters. The smallest absolute Gasteiger partial charge is 0.281 e. The predicted molar refractivity (Wildman–Crippen MR) is 113 cm³/mol. The number of thiocarbonyl (C=S) groups is 1. The molecule has 1 aliphatic heterocycles. The molecular formula is C22H16FN3O2S. The van der Waals surface area contributed by atoms with E-state index in [1.165, 1.54) is 12.1 Å². The number of ether oxygens (including phenoxy) is 1. The molecule has 1 amide bonds. The van der Waals surface area contributed by atoms with E-state index in [1.54, 1.807) is 24.4 Å². The van der Waals surface area contributed by atoms with Gasteiger partial charge < -0.3 is 10.1 Å². The first-order chi connectivity index (χ1) is 14.1. The van der Waals surface area contributed by atoms with Crippen molar-refractivity contribution in [2.45, 2.75) is 6.61 Å². The summed E-state index contributed by atoms with van der Waals surface area (Å²) in [6, 6.07) is 18.9. The number of pyridine rings is 1. The van der Waals surface area contributed by atoms with Crippen molar-refractivity contribution in [2.75, 3.05) is 4.90 Å². The summed E-state index contributed by atoms with van der Waals surface area (Å²) in [7, 11) is 0. The van der Waals surface area contributed by atoms with Gasteiger partial charge in [-0.3, -0.25) is 9.78 Å². The van der Waals surface area contributed by atoms with E-state index in [2.05, 4.69) is 10.3 Å². The summed E-state index contributed by atoms with van der Waals surface area (Å²) in [5.74, 6) is -0.361. The van der Waals surface area contributed by atoms with Crippen LogP contribution in [0.1, 0.15) is 11.3 Å². The second-order valence-corrected chi connectivity index (χ2v) is 6.61. The molecule has 0 spiro atoms. The summed E-state index contributed by atoms with van der Waals surface area (Å²) in [4.78, 5) is 18.2. The molecule has 2 aromatic carbocycles. The Kier molecular flexibility index (Phi) is 5.31. The number of amides is 1. The van der Waals surface area contributed by atoms with E-state index in [0.29, 0.717) is 17.9 Å². The van der Waals surface area contributed by atoms with Crippen molar-refractivity contribution in [1.82, 2.24) is 10.3 Å². The Hall–Kier alpha value is -3.58. The van der Waals surface area contributed by atoms with Crippen LogP contribution in [0.4, 0.5) is 10.1 Å². The Balaban J connectivity index is 1.59. The number of para-hydroxylation sites is 2. The van der Waals surface area contributed by atoms with Gasteiger partial charge in [0.1, 0.15) is 23.9 Å². The number of hydrogen-bond acceptors (Lipinski definition) is 4. The third-order valence-electron chi connectivity index (χ3n) is 4.29. The van der Waals surface area contributed by atoms with Crippen LogP contribution in [0.5, 0.6) is 5.75 Å². The van der Waals surface area contributed by atoms with Crippen molar-refractivity contribution in [3.8, 4) is 5.75 Å². The van der Waals surface area contributed by atoms with E-state index in [1.807, 2.05) is 42.5 Å². The van der Waals surface area contributed by atoms with E-state index in [4.69, 9.17) is 17.0 Å². The fourth-order valence-corrected chi connectivity index (χ4v) is 3.20. The number of rotatable bonds is 5. The zero-order valence-corrected chi connectivity index (χ0v) is 16.0. The molecule has 0 radical (unpaired) electrons. The first-order valence-electron chi connectivity index (χ1n) is 8.87. The summed E-state index contributed by atoms with van der Waals surface area (Å²) >= 11 is 5.25. The topological polar surface area (TPSA) is 54.5 Å². The van der Waals surface area contributed by atoms with Crippen LogP contribution in [0, 0.1) is 5.82 Å². The van der Waals surface area contributed by atoms with Crippen molar-refractivity contribution in [1.29, 1.82) is 0 Å². The van der Waals surface area contributed by atoms with Gasteiger partial charge in [-0.15, -0.1) is 0 Å². The predicted octanol–water partition coefficient (Wildman–Crippen LogP) is 4.06. The summed E-state index contributed by atoms with van der Waals surface area (Å²) in [5.41, 5.74) is 1.83. The normalized spacial score (nSPS) is 14.9. The van der Waals surface area contributed by atoms with Crippen LogP contribution >= 0.6 is 12.2 Å². The SMILES string of the molecule is O=C1/C(=C\c2ccccc2OCc2ccccn2)NC(=S)N1c1ccccc1F. The molecule has 0 unspecified atom stereocenters. The van der Waals surface area contributed by atoms with Crippen molar-refractivity contribution < 1.29 is 13.9 Å². The van der Waals surface area contributed by atoms with Gasteiger partial charge in [0.2, 0.25) is 0 Å². The first kappa shape index (κ1) is 18.8. The number of carbonyl (C=O) groups is 1. The van der Waals surface area contributed by atoms with Gasteiger partial charge in [-0.2, -0.15) is 0 Å². The summed E-state index contributed by atoms with van der Waals surface area (Å²) in [5, 5.41) is 2.99. The Morgan fingerprint density at radius 2 is 1.83 bits per heavy atom. The third kappa shape index (κ3) is 4.00. The second kappa shape index (κ2) is 8.20. The van der Waals surface area contributed by atoms with E-state index in [0.717, 1.165) is 10.6 Å². The maximum absolute atomic E-state index is 14.1. The van der Waals surface area contributed by atoms with Gasteiger partial charge in [0.25, 0.3) is 5.91 Å². The van der Waals surface area contributed by atoms with Gasteiger partial charge in [-0.1, -0.05) is 36.4 Å². The standard InChI is InChI=1S/C22H16FN3O2S/c23-17-9-2-3-10-19(17)26-21(27)18(25-22(26)29)13-15-7-1-4-11-20(15)28-14-16-8-5-6-12-24-16/h1-13H,14H2,(H,25,29)/b18-13+. The van der Waals surface area contributed by atoms with Gasteiger partial charge in [0.15, 0.2) is 5.11 Å². The van der Waals surface area contributed by atoms with E-state index >= 15 is 0 Å². The number of halogens is 1. The molecular weight excluding hydrogens is 389 g/mol. The Morgan fingerprint density at radius 3 is 2.62 bits per heavy atom. The average molecular weight is 405 g/mol. The van der Waals surface area contributed by atoms with Crippen molar-refractivity contribution in [3.05, 3.63) is 95.7 Å². The van der Waals surface area contributed by atoms with Gasteiger partial charge in [-0.05, 0) is 48.6 Å². The maximum atomic E-state index is 14.1. The minimum Gasteiger partial charge on any atom is -0.487 e. The van der Waals surface area contributed by atoms with Gasteiger partial charge in [0, 0.05) is 11.8 Å². The highest BCUT2D eigenvalue weighted by molar-refractivity contribution is 7.80. The van der Waals surface area contributed by atoms with Crippen LogP contribution < -0.4 is 15.0 Å². The molecule has 5 nitrogen and oxygen atoms in total. The zero-order chi connectivity index (χ0) is 20.2. The molecule has 3 aromatic rings. The van der Waals surface area contributed by atoms with E-state index < -0.39 is 11.7 Å². The number of nitrogens with one attached hydrogen (secondary N) is 1. The molecule has 1 fully saturated rings. The van der Waals surface area contributed by atoms with Crippen molar-refractivity contribution in [2.24, 2.45) is 0 Å². The molecule has 1 aromatic heterocycles. The lowest BCUT2D eigenvalue weighted by Crippen LogP contribution is -2.31. The molecule has 0 bridgehead atoms. The molecule has 1 saturated heterocycles. The molecule has 0 aliphatic carbocycles. The molecule has 29 heavy (non-hydrogen) atoms. The third-order valence-corrected chi connectivity index (χ3v) is 4.58. The average Bonchev–Trinajstić information content (AvgIpc) is 3.01. The zero-order valence-electron chi connectivity index (χ0n) is 15.2. The van der Waals surface area contributed by atoms with Crippen LogP contribution in [0.25, 0.3) is 6.08 Å². The van der Waals surface area contributed by atoms with Gasteiger partial charge in [-0.25, -0.2) is 9.29 Å². The highest BCUT2D eigenvalue weighted by Crippen LogP contribution is 2.27. The number of benzene rings is 2. The lowest BCUT2D eigenvalue weighted by molar-refractivity contribution is -0.113. The van der Waals surface area contributed by atoms with Crippen LogP contribution in [-0.2, 0) is 11.4 Å². The highest BCUT2D eigenvalue weighted by Gasteiger charge is 2.33. The molecule has 7 heteroatoms. The van der Waals surface area contributed by atoms with Crippen LogP contribution in [0.2, 0.25) is 0 Å². The minimum atomic E-state index is -0.523.